The Morgan fingerprint density at radius 1 is 1.18 bits per heavy atom. The summed E-state index contributed by atoms with van der Waals surface area (Å²) in [6.07, 6.45) is 4.40. The van der Waals surface area contributed by atoms with Gasteiger partial charge in [0.2, 0.25) is 0 Å². The number of ether oxygens (including phenoxy) is 1. The fourth-order valence-electron chi connectivity index (χ4n) is 3.55. The van der Waals surface area contributed by atoms with Crippen molar-refractivity contribution in [2.24, 2.45) is 5.92 Å². The molecule has 4 heteroatoms. The van der Waals surface area contributed by atoms with Crippen LogP contribution in [0.2, 0.25) is 0 Å². The molecule has 3 rings (SSSR count). The fourth-order valence-corrected chi connectivity index (χ4v) is 3.55. The van der Waals surface area contributed by atoms with Crippen LogP contribution in [0, 0.1) is 5.92 Å². The van der Waals surface area contributed by atoms with E-state index in [1.807, 2.05) is 17.0 Å². The third-order valence-corrected chi connectivity index (χ3v) is 5.01. The van der Waals surface area contributed by atoms with Gasteiger partial charge in [-0.15, -0.1) is 0 Å². The Morgan fingerprint density at radius 3 is 2.59 bits per heavy atom. The minimum atomic E-state index is 0.120. The lowest BCUT2D eigenvalue weighted by molar-refractivity contribution is 0.0303. The van der Waals surface area contributed by atoms with E-state index in [-0.39, 0.29) is 5.91 Å². The lowest BCUT2D eigenvalue weighted by Crippen LogP contribution is -2.40. The molecule has 2 fully saturated rings. The molecule has 4 nitrogen and oxygen atoms in total. The van der Waals surface area contributed by atoms with Gasteiger partial charge >= 0.3 is 0 Å². The number of morpholine rings is 1. The van der Waals surface area contributed by atoms with Crippen LogP contribution < -0.4 is 0 Å². The molecule has 1 amide bonds. The molecule has 1 aromatic rings. The summed E-state index contributed by atoms with van der Waals surface area (Å²) in [6.45, 7) is 2.95. The van der Waals surface area contributed by atoms with Gasteiger partial charge in [-0.2, -0.15) is 0 Å². The Hall–Kier alpha value is -1.39. The SMILES string of the molecule is O=C(c1cccc(C2CCC(CO)CC2)c1)N1CCOCC1. The number of hydrogen-bond acceptors (Lipinski definition) is 3. The van der Waals surface area contributed by atoms with Crippen molar-refractivity contribution in [3.05, 3.63) is 35.4 Å². The van der Waals surface area contributed by atoms with E-state index in [0.717, 1.165) is 31.2 Å². The minimum Gasteiger partial charge on any atom is -0.396 e. The molecule has 22 heavy (non-hydrogen) atoms. The third kappa shape index (κ3) is 3.50. The van der Waals surface area contributed by atoms with Crippen molar-refractivity contribution in [3.63, 3.8) is 0 Å². The molecule has 120 valence electrons. The van der Waals surface area contributed by atoms with E-state index >= 15 is 0 Å². The molecule has 1 aromatic carbocycles. The molecular formula is C18H25NO3. The molecule has 0 atom stereocenters. The molecule has 1 saturated heterocycles. The van der Waals surface area contributed by atoms with Crippen molar-refractivity contribution in [2.45, 2.75) is 31.6 Å². The molecule has 0 unspecified atom stereocenters. The number of rotatable bonds is 3. The first-order valence-corrected chi connectivity index (χ1v) is 8.36. The first kappa shape index (κ1) is 15.5. The van der Waals surface area contributed by atoms with Gasteiger partial charge < -0.3 is 14.7 Å². The molecule has 1 aliphatic heterocycles. The first-order valence-electron chi connectivity index (χ1n) is 8.36. The van der Waals surface area contributed by atoms with Crippen LogP contribution >= 0.6 is 0 Å². The topological polar surface area (TPSA) is 49.8 Å². The highest BCUT2D eigenvalue weighted by Gasteiger charge is 2.23. The Labute approximate surface area is 132 Å². The van der Waals surface area contributed by atoms with Gasteiger partial charge in [-0.3, -0.25) is 4.79 Å². The summed E-state index contributed by atoms with van der Waals surface area (Å²) in [4.78, 5) is 14.5. The van der Waals surface area contributed by atoms with Crippen molar-refractivity contribution in [1.29, 1.82) is 0 Å². The Bertz CT molecular complexity index is 503. The number of nitrogens with zero attached hydrogens (tertiary/aromatic N) is 1. The molecule has 2 aliphatic rings. The second-order valence-corrected chi connectivity index (χ2v) is 6.43. The smallest absolute Gasteiger partial charge is 0.254 e. The average Bonchev–Trinajstić information content (AvgIpc) is 2.62. The highest BCUT2D eigenvalue weighted by Crippen LogP contribution is 2.35. The number of carbonyl (C=O) groups is 1. The maximum Gasteiger partial charge on any atom is 0.254 e. The van der Waals surface area contributed by atoms with Gasteiger partial charge in [0, 0.05) is 25.3 Å². The van der Waals surface area contributed by atoms with E-state index in [9.17, 15) is 9.90 Å². The summed E-state index contributed by atoms with van der Waals surface area (Å²) in [6, 6.07) is 8.13. The lowest BCUT2D eigenvalue weighted by Gasteiger charge is -2.29. The van der Waals surface area contributed by atoms with E-state index in [0.29, 0.717) is 44.7 Å². The molecule has 0 radical (unpaired) electrons. The maximum atomic E-state index is 12.6. The Balaban J connectivity index is 1.68. The standard InChI is InChI=1S/C18H25NO3/c20-13-14-4-6-15(7-5-14)16-2-1-3-17(12-16)18(21)19-8-10-22-11-9-19/h1-3,12,14-15,20H,4-11,13H2. The van der Waals surface area contributed by atoms with Crippen molar-refractivity contribution >= 4 is 5.91 Å². The van der Waals surface area contributed by atoms with Crippen molar-refractivity contribution in [3.8, 4) is 0 Å². The Kier molecular flexibility index (Phi) is 5.11. The van der Waals surface area contributed by atoms with E-state index < -0.39 is 0 Å². The van der Waals surface area contributed by atoms with Crippen LogP contribution in [-0.2, 0) is 4.74 Å². The quantitative estimate of drug-likeness (QED) is 0.933. The second kappa shape index (κ2) is 7.25. The summed E-state index contributed by atoms with van der Waals surface area (Å²) in [5, 5.41) is 9.25. The fraction of sp³-hybridized carbons (Fsp3) is 0.611. The zero-order valence-electron chi connectivity index (χ0n) is 13.0. The van der Waals surface area contributed by atoms with Crippen LogP contribution in [0.1, 0.15) is 47.5 Å². The van der Waals surface area contributed by atoms with Crippen molar-refractivity contribution in [2.75, 3.05) is 32.9 Å². The third-order valence-electron chi connectivity index (χ3n) is 5.01. The van der Waals surface area contributed by atoms with E-state index in [4.69, 9.17) is 4.74 Å². The highest BCUT2D eigenvalue weighted by atomic mass is 16.5. The summed E-state index contributed by atoms with van der Waals surface area (Å²) >= 11 is 0. The van der Waals surface area contributed by atoms with Crippen molar-refractivity contribution < 1.29 is 14.6 Å². The van der Waals surface area contributed by atoms with Crippen LogP contribution in [0.4, 0.5) is 0 Å². The highest BCUT2D eigenvalue weighted by molar-refractivity contribution is 5.94. The van der Waals surface area contributed by atoms with Crippen molar-refractivity contribution in [1.82, 2.24) is 4.90 Å². The van der Waals surface area contributed by atoms with E-state index in [1.54, 1.807) is 0 Å². The first-order chi connectivity index (χ1) is 10.8. The molecular weight excluding hydrogens is 278 g/mol. The molecule has 1 aliphatic carbocycles. The predicted molar refractivity (Wildman–Crippen MR) is 84.9 cm³/mol. The number of carbonyl (C=O) groups excluding carboxylic acids is 1. The van der Waals surface area contributed by atoms with Gasteiger partial charge in [0.05, 0.1) is 13.2 Å². The molecule has 0 spiro atoms. The maximum absolute atomic E-state index is 12.6. The summed E-state index contributed by atoms with van der Waals surface area (Å²) in [5.74, 6) is 1.11. The number of aliphatic hydroxyl groups excluding tert-OH is 1. The summed E-state index contributed by atoms with van der Waals surface area (Å²) in [7, 11) is 0. The zero-order chi connectivity index (χ0) is 15.4. The van der Waals surface area contributed by atoms with Crippen LogP contribution in [-0.4, -0.2) is 48.8 Å². The van der Waals surface area contributed by atoms with Gasteiger partial charge in [-0.25, -0.2) is 0 Å². The molecule has 1 saturated carbocycles. The Morgan fingerprint density at radius 2 is 1.91 bits per heavy atom. The van der Waals surface area contributed by atoms with Crippen LogP contribution in [0.5, 0.6) is 0 Å². The largest absolute Gasteiger partial charge is 0.396 e. The molecule has 1 heterocycles. The van der Waals surface area contributed by atoms with Crippen LogP contribution in [0.25, 0.3) is 0 Å². The molecule has 0 bridgehead atoms. The normalized spacial score (nSPS) is 26.0. The lowest BCUT2D eigenvalue weighted by atomic mass is 9.79. The number of benzene rings is 1. The van der Waals surface area contributed by atoms with E-state index in [2.05, 4.69) is 12.1 Å². The number of hydrogen-bond donors (Lipinski definition) is 1. The minimum absolute atomic E-state index is 0.120. The van der Waals surface area contributed by atoms with Gasteiger partial charge in [-0.05, 0) is 55.2 Å². The average molecular weight is 303 g/mol. The second-order valence-electron chi connectivity index (χ2n) is 6.43. The number of aliphatic hydroxyl groups is 1. The zero-order valence-corrected chi connectivity index (χ0v) is 13.0. The van der Waals surface area contributed by atoms with Gasteiger partial charge in [0.15, 0.2) is 0 Å². The van der Waals surface area contributed by atoms with Gasteiger partial charge in [0.25, 0.3) is 5.91 Å². The monoisotopic (exact) mass is 303 g/mol. The summed E-state index contributed by atoms with van der Waals surface area (Å²) in [5.41, 5.74) is 2.07. The molecule has 1 N–H and O–H groups in total. The van der Waals surface area contributed by atoms with Crippen LogP contribution in [0.3, 0.4) is 0 Å². The van der Waals surface area contributed by atoms with Crippen LogP contribution in [0.15, 0.2) is 24.3 Å². The van der Waals surface area contributed by atoms with Gasteiger partial charge in [-0.1, -0.05) is 12.1 Å². The number of amides is 1. The molecule has 0 aromatic heterocycles. The predicted octanol–water partition coefficient (Wildman–Crippen LogP) is 2.43. The summed E-state index contributed by atoms with van der Waals surface area (Å²) < 4.78 is 5.31. The van der Waals surface area contributed by atoms with E-state index in [1.165, 1.54) is 5.56 Å². The van der Waals surface area contributed by atoms with Gasteiger partial charge in [0.1, 0.15) is 0 Å².